The van der Waals surface area contributed by atoms with Gasteiger partial charge in [-0.3, -0.25) is 4.79 Å². The lowest BCUT2D eigenvalue weighted by Crippen LogP contribution is -2.14. The number of amides is 1. The zero-order chi connectivity index (χ0) is 14.4. The lowest BCUT2D eigenvalue weighted by molar-refractivity contribution is 0.102. The molecule has 6 heteroatoms. The van der Waals surface area contributed by atoms with Crippen LogP contribution in [-0.4, -0.2) is 22.4 Å². The van der Waals surface area contributed by atoms with Crippen LogP contribution in [0.2, 0.25) is 5.02 Å². The SMILES string of the molecule is C=CCNc1cnc(C(=O)Nc2cccc(Cl)c2)cn1. The highest BCUT2D eigenvalue weighted by Gasteiger charge is 2.08. The van der Waals surface area contributed by atoms with E-state index >= 15 is 0 Å². The Morgan fingerprint density at radius 2 is 2.20 bits per heavy atom. The van der Waals surface area contributed by atoms with E-state index in [1.54, 1.807) is 30.3 Å². The molecular weight excluding hydrogens is 276 g/mol. The van der Waals surface area contributed by atoms with Crippen LogP contribution in [0.1, 0.15) is 10.5 Å². The van der Waals surface area contributed by atoms with Crippen molar-refractivity contribution in [2.75, 3.05) is 17.2 Å². The lowest BCUT2D eigenvalue weighted by atomic mass is 10.3. The quantitative estimate of drug-likeness (QED) is 0.830. The van der Waals surface area contributed by atoms with Gasteiger partial charge in [0, 0.05) is 17.3 Å². The van der Waals surface area contributed by atoms with Crippen molar-refractivity contribution in [3.8, 4) is 0 Å². The third-order valence-corrected chi connectivity index (χ3v) is 2.63. The van der Waals surface area contributed by atoms with Gasteiger partial charge in [0.2, 0.25) is 0 Å². The molecule has 2 rings (SSSR count). The number of hydrogen-bond donors (Lipinski definition) is 2. The fourth-order valence-corrected chi connectivity index (χ4v) is 1.66. The second kappa shape index (κ2) is 6.68. The average molecular weight is 289 g/mol. The van der Waals surface area contributed by atoms with Crippen molar-refractivity contribution in [2.24, 2.45) is 0 Å². The van der Waals surface area contributed by atoms with Crippen LogP contribution in [0.25, 0.3) is 0 Å². The van der Waals surface area contributed by atoms with Crippen molar-refractivity contribution in [1.82, 2.24) is 9.97 Å². The Hall–Kier alpha value is -2.40. The van der Waals surface area contributed by atoms with Gasteiger partial charge >= 0.3 is 0 Å². The molecule has 1 amide bonds. The number of rotatable bonds is 5. The molecule has 20 heavy (non-hydrogen) atoms. The maximum absolute atomic E-state index is 12.0. The Bertz CT molecular complexity index is 613. The summed E-state index contributed by atoms with van der Waals surface area (Å²) in [6, 6.07) is 6.90. The van der Waals surface area contributed by atoms with E-state index in [4.69, 9.17) is 11.6 Å². The molecule has 0 radical (unpaired) electrons. The number of nitrogens with zero attached hydrogens (tertiary/aromatic N) is 2. The molecule has 0 aliphatic heterocycles. The second-order valence-electron chi connectivity index (χ2n) is 3.92. The first-order valence-corrected chi connectivity index (χ1v) is 6.30. The monoisotopic (exact) mass is 288 g/mol. The molecule has 0 aliphatic rings. The molecule has 0 bridgehead atoms. The van der Waals surface area contributed by atoms with Crippen LogP contribution < -0.4 is 10.6 Å². The van der Waals surface area contributed by atoms with E-state index in [1.807, 2.05) is 0 Å². The van der Waals surface area contributed by atoms with Crippen molar-refractivity contribution in [3.05, 3.63) is 60.0 Å². The molecule has 5 nitrogen and oxygen atoms in total. The zero-order valence-corrected chi connectivity index (χ0v) is 11.4. The summed E-state index contributed by atoms with van der Waals surface area (Å²) in [4.78, 5) is 20.1. The highest BCUT2D eigenvalue weighted by Crippen LogP contribution is 2.15. The first-order chi connectivity index (χ1) is 9.69. The van der Waals surface area contributed by atoms with Crippen molar-refractivity contribution in [2.45, 2.75) is 0 Å². The number of carbonyl (C=O) groups excluding carboxylic acids is 1. The van der Waals surface area contributed by atoms with Crippen LogP contribution in [0.4, 0.5) is 11.5 Å². The summed E-state index contributed by atoms with van der Waals surface area (Å²) in [6.45, 7) is 4.18. The molecular formula is C14H13ClN4O. The van der Waals surface area contributed by atoms with Crippen LogP contribution in [0.15, 0.2) is 49.3 Å². The second-order valence-corrected chi connectivity index (χ2v) is 4.36. The van der Waals surface area contributed by atoms with E-state index in [9.17, 15) is 4.79 Å². The van der Waals surface area contributed by atoms with Crippen molar-refractivity contribution in [3.63, 3.8) is 0 Å². The number of benzene rings is 1. The summed E-state index contributed by atoms with van der Waals surface area (Å²) in [7, 11) is 0. The molecule has 0 spiro atoms. The Balaban J connectivity index is 2.03. The summed E-state index contributed by atoms with van der Waals surface area (Å²) in [5, 5.41) is 6.23. The third kappa shape index (κ3) is 3.80. The predicted molar refractivity (Wildman–Crippen MR) is 80.1 cm³/mol. The molecule has 1 aromatic carbocycles. The maximum Gasteiger partial charge on any atom is 0.275 e. The van der Waals surface area contributed by atoms with Gasteiger partial charge in [0.05, 0.1) is 12.4 Å². The number of halogens is 1. The molecule has 2 N–H and O–H groups in total. The van der Waals surface area contributed by atoms with E-state index in [-0.39, 0.29) is 11.6 Å². The Kier molecular flexibility index (Phi) is 4.68. The van der Waals surface area contributed by atoms with Gasteiger partial charge < -0.3 is 10.6 Å². The van der Waals surface area contributed by atoms with Crippen LogP contribution in [0, 0.1) is 0 Å². The van der Waals surface area contributed by atoms with E-state index in [2.05, 4.69) is 27.2 Å². The minimum Gasteiger partial charge on any atom is -0.365 e. The topological polar surface area (TPSA) is 66.9 Å². The summed E-state index contributed by atoms with van der Waals surface area (Å²) >= 11 is 5.85. The zero-order valence-electron chi connectivity index (χ0n) is 10.6. The van der Waals surface area contributed by atoms with Crippen molar-refractivity contribution >= 4 is 29.0 Å². The maximum atomic E-state index is 12.0. The third-order valence-electron chi connectivity index (χ3n) is 2.39. The number of nitrogens with one attached hydrogen (secondary N) is 2. The summed E-state index contributed by atoms with van der Waals surface area (Å²) < 4.78 is 0. The smallest absolute Gasteiger partial charge is 0.275 e. The molecule has 0 aliphatic carbocycles. The highest BCUT2D eigenvalue weighted by atomic mass is 35.5. The van der Waals surface area contributed by atoms with Gasteiger partial charge in [-0.05, 0) is 18.2 Å². The van der Waals surface area contributed by atoms with Crippen LogP contribution >= 0.6 is 11.6 Å². The molecule has 0 fully saturated rings. The number of aromatic nitrogens is 2. The van der Waals surface area contributed by atoms with Crippen LogP contribution in [-0.2, 0) is 0 Å². The van der Waals surface area contributed by atoms with Gasteiger partial charge in [-0.15, -0.1) is 6.58 Å². The van der Waals surface area contributed by atoms with Gasteiger partial charge in [0.25, 0.3) is 5.91 Å². The van der Waals surface area contributed by atoms with Gasteiger partial charge in [-0.2, -0.15) is 0 Å². The Morgan fingerprint density at radius 3 is 2.85 bits per heavy atom. The van der Waals surface area contributed by atoms with Crippen LogP contribution in [0.3, 0.4) is 0 Å². The van der Waals surface area contributed by atoms with Gasteiger partial charge in [-0.25, -0.2) is 9.97 Å². The lowest BCUT2D eigenvalue weighted by Gasteiger charge is -2.06. The first kappa shape index (κ1) is 14.0. The minimum atomic E-state index is -0.338. The summed E-state index contributed by atoms with van der Waals surface area (Å²) in [5.41, 5.74) is 0.840. The molecule has 1 heterocycles. The molecule has 2 aromatic rings. The number of carbonyl (C=O) groups is 1. The first-order valence-electron chi connectivity index (χ1n) is 5.93. The standard InChI is InChI=1S/C14H13ClN4O/c1-2-6-16-13-9-17-12(8-18-13)14(20)19-11-5-3-4-10(15)7-11/h2-5,7-9H,1,6H2,(H,16,18)(H,19,20). The Morgan fingerprint density at radius 1 is 1.35 bits per heavy atom. The van der Waals surface area contributed by atoms with E-state index in [1.165, 1.54) is 12.4 Å². The van der Waals surface area contributed by atoms with E-state index in [0.29, 0.717) is 23.1 Å². The fourth-order valence-electron chi connectivity index (χ4n) is 1.47. The number of anilines is 2. The van der Waals surface area contributed by atoms with Gasteiger partial charge in [0.1, 0.15) is 11.5 Å². The van der Waals surface area contributed by atoms with Crippen molar-refractivity contribution < 1.29 is 4.79 Å². The van der Waals surface area contributed by atoms with E-state index < -0.39 is 0 Å². The Labute approximate surface area is 121 Å². The van der Waals surface area contributed by atoms with E-state index in [0.717, 1.165) is 0 Å². The highest BCUT2D eigenvalue weighted by molar-refractivity contribution is 6.30. The normalized spacial score (nSPS) is 9.85. The molecule has 1 aromatic heterocycles. The molecule has 102 valence electrons. The summed E-state index contributed by atoms with van der Waals surface area (Å²) in [6.07, 6.45) is 4.61. The fraction of sp³-hybridized carbons (Fsp3) is 0.0714. The van der Waals surface area contributed by atoms with Crippen LogP contribution in [0.5, 0.6) is 0 Å². The molecule has 0 atom stereocenters. The van der Waals surface area contributed by atoms with Crippen molar-refractivity contribution in [1.29, 1.82) is 0 Å². The average Bonchev–Trinajstić information content (AvgIpc) is 2.45. The summed E-state index contributed by atoms with van der Waals surface area (Å²) in [5.74, 6) is 0.249. The minimum absolute atomic E-state index is 0.231. The predicted octanol–water partition coefficient (Wildman–Crippen LogP) is 2.98. The largest absolute Gasteiger partial charge is 0.365 e. The van der Waals surface area contributed by atoms with Gasteiger partial charge in [-0.1, -0.05) is 23.7 Å². The molecule has 0 saturated heterocycles. The molecule has 0 unspecified atom stereocenters. The number of hydrogen-bond acceptors (Lipinski definition) is 4. The molecule has 0 saturated carbocycles. The van der Waals surface area contributed by atoms with Gasteiger partial charge in [0.15, 0.2) is 0 Å².